The molecule has 0 radical (unpaired) electrons. The molecule has 1 heterocycles. The van der Waals surface area contributed by atoms with Crippen LogP contribution in [0.1, 0.15) is 5.56 Å². The molecule has 6 heteroatoms. The maximum absolute atomic E-state index is 12.1. The van der Waals surface area contributed by atoms with E-state index in [-0.39, 0.29) is 6.61 Å². The number of ether oxygens (including phenoxy) is 1. The molecule has 0 fully saturated rings. The minimum atomic E-state index is -0.415. The van der Waals surface area contributed by atoms with Crippen LogP contribution >= 0.6 is 27.3 Å². The molecule has 0 spiro atoms. The molecule has 0 unspecified atom stereocenters. The average Bonchev–Trinajstić information content (AvgIpc) is 2.95. The number of aromatic nitrogens is 1. The van der Waals surface area contributed by atoms with Gasteiger partial charge < -0.3 is 4.74 Å². The van der Waals surface area contributed by atoms with E-state index in [2.05, 4.69) is 20.9 Å². The first-order valence-corrected chi connectivity index (χ1v) is 8.25. The molecule has 0 saturated heterocycles. The van der Waals surface area contributed by atoms with E-state index in [4.69, 9.17) is 4.74 Å². The van der Waals surface area contributed by atoms with Crippen LogP contribution in [0.4, 0.5) is 9.93 Å². The summed E-state index contributed by atoms with van der Waals surface area (Å²) < 4.78 is 7.30. The van der Waals surface area contributed by atoms with Crippen LogP contribution in [0.25, 0.3) is 10.2 Å². The molecule has 3 aromatic rings. The normalized spacial score (nSPS) is 10.6. The number of benzene rings is 2. The van der Waals surface area contributed by atoms with Crippen LogP contribution in [-0.2, 0) is 11.3 Å². The van der Waals surface area contributed by atoms with E-state index >= 15 is 0 Å². The van der Waals surface area contributed by atoms with Crippen molar-refractivity contribution in [1.82, 2.24) is 4.98 Å². The van der Waals surface area contributed by atoms with E-state index in [0.29, 0.717) is 5.13 Å². The van der Waals surface area contributed by atoms with Gasteiger partial charge in [0.2, 0.25) is 0 Å². The first-order valence-electron chi connectivity index (χ1n) is 6.64. The Bertz CT molecular complexity index is 804. The maximum Gasteiger partial charge on any atom is 0.416 e. The average molecular weight is 377 g/mol. The topological polar surface area (TPSA) is 42.4 Å². The number of amides is 1. The molecule has 22 heavy (non-hydrogen) atoms. The van der Waals surface area contributed by atoms with Crippen molar-refractivity contribution in [3.8, 4) is 0 Å². The molecule has 0 bridgehead atoms. The summed E-state index contributed by atoms with van der Waals surface area (Å²) in [5, 5.41) is 0.617. The molecule has 0 aliphatic heterocycles. The van der Waals surface area contributed by atoms with Crippen LogP contribution in [0.15, 0.2) is 53.0 Å². The molecule has 0 atom stereocenters. The van der Waals surface area contributed by atoms with Gasteiger partial charge in [-0.15, -0.1) is 0 Å². The second-order valence-electron chi connectivity index (χ2n) is 4.71. The highest BCUT2D eigenvalue weighted by atomic mass is 79.9. The van der Waals surface area contributed by atoms with Crippen LogP contribution in [0.2, 0.25) is 0 Å². The van der Waals surface area contributed by atoms with Gasteiger partial charge in [-0.25, -0.2) is 9.78 Å². The van der Waals surface area contributed by atoms with Crippen molar-refractivity contribution in [3.05, 3.63) is 58.6 Å². The lowest BCUT2D eigenvalue weighted by atomic mass is 10.2. The number of halogens is 1. The SMILES string of the molecule is CN(C(=O)OCc1ccccc1)c1nc2cc(Br)ccc2s1. The number of rotatable bonds is 3. The van der Waals surface area contributed by atoms with E-state index in [1.165, 1.54) is 16.2 Å². The summed E-state index contributed by atoms with van der Waals surface area (Å²) >= 11 is 4.87. The fraction of sp³-hybridized carbons (Fsp3) is 0.125. The molecule has 2 aromatic carbocycles. The van der Waals surface area contributed by atoms with Gasteiger partial charge >= 0.3 is 6.09 Å². The highest BCUT2D eigenvalue weighted by Gasteiger charge is 2.16. The first kappa shape index (κ1) is 15.0. The van der Waals surface area contributed by atoms with Crippen molar-refractivity contribution >= 4 is 48.7 Å². The Kier molecular flexibility index (Phi) is 4.40. The summed E-state index contributed by atoms with van der Waals surface area (Å²) in [6.45, 7) is 0.250. The number of anilines is 1. The van der Waals surface area contributed by atoms with Crippen LogP contribution in [0.3, 0.4) is 0 Å². The van der Waals surface area contributed by atoms with Gasteiger partial charge in [0.15, 0.2) is 5.13 Å². The summed E-state index contributed by atoms with van der Waals surface area (Å²) in [6, 6.07) is 15.5. The molecule has 0 saturated carbocycles. The van der Waals surface area contributed by atoms with Gasteiger partial charge in [0, 0.05) is 11.5 Å². The standard InChI is InChI=1S/C16H13BrN2O2S/c1-19(16(20)21-10-11-5-3-2-4-6-11)15-18-13-9-12(17)7-8-14(13)22-15/h2-9H,10H2,1H3. The number of nitrogens with zero attached hydrogens (tertiary/aromatic N) is 2. The molecule has 112 valence electrons. The van der Waals surface area contributed by atoms with Crippen LogP contribution in [0.5, 0.6) is 0 Å². The van der Waals surface area contributed by atoms with E-state index in [1.807, 2.05) is 48.5 Å². The fourth-order valence-electron chi connectivity index (χ4n) is 1.93. The number of thiazole rings is 1. The fourth-order valence-corrected chi connectivity index (χ4v) is 3.17. The monoisotopic (exact) mass is 376 g/mol. The Morgan fingerprint density at radius 3 is 2.82 bits per heavy atom. The molecule has 1 amide bonds. The second kappa shape index (κ2) is 6.46. The number of hydrogen-bond donors (Lipinski definition) is 0. The highest BCUT2D eigenvalue weighted by Crippen LogP contribution is 2.30. The lowest BCUT2D eigenvalue weighted by molar-refractivity contribution is 0.148. The minimum Gasteiger partial charge on any atom is -0.444 e. The van der Waals surface area contributed by atoms with Gasteiger partial charge in [-0.2, -0.15) is 0 Å². The second-order valence-corrected chi connectivity index (χ2v) is 6.63. The van der Waals surface area contributed by atoms with E-state index in [1.54, 1.807) is 7.05 Å². The zero-order valence-electron chi connectivity index (χ0n) is 11.8. The van der Waals surface area contributed by atoms with Gasteiger partial charge in [0.1, 0.15) is 6.61 Å². The predicted octanol–water partition coefficient (Wildman–Crippen LogP) is 4.83. The third-order valence-electron chi connectivity index (χ3n) is 3.10. The van der Waals surface area contributed by atoms with Crippen molar-refractivity contribution < 1.29 is 9.53 Å². The third kappa shape index (κ3) is 3.28. The summed E-state index contributed by atoms with van der Waals surface area (Å²) in [4.78, 5) is 18.0. The molecule has 4 nitrogen and oxygen atoms in total. The number of carbonyl (C=O) groups is 1. The van der Waals surface area contributed by atoms with E-state index in [9.17, 15) is 4.79 Å². The zero-order chi connectivity index (χ0) is 15.5. The Labute approximate surface area is 140 Å². The lowest BCUT2D eigenvalue weighted by Gasteiger charge is -2.13. The van der Waals surface area contributed by atoms with Crippen molar-refractivity contribution in [2.24, 2.45) is 0 Å². The number of carbonyl (C=O) groups excluding carboxylic acids is 1. The maximum atomic E-state index is 12.1. The van der Waals surface area contributed by atoms with Gasteiger partial charge in [-0.1, -0.05) is 57.6 Å². The van der Waals surface area contributed by atoms with Crippen LogP contribution in [0, 0.1) is 0 Å². The molecule has 0 aliphatic carbocycles. The van der Waals surface area contributed by atoms with E-state index < -0.39 is 6.09 Å². The summed E-state index contributed by atoms with van der Waals surface area (Å²) in [7, 11) is 1.67. The van der Waals surface area contributed by atoms with Crippen molar-refractivity contribution in [2.75, 3.05) is 11.9 Å². The van der Waals surface area contributed by atoms with Crippen molar-refractivity contribution in [3.63, 3.8) is 0 Å². The minimum absolute atomic E-state index is 0.250. The zero-order valence-corrected chi connectivity index (χ0v) is 14.2. The molecular formula is C16H13BrN2O2S. The Morgan fingerprint density at radius 1 is 1.27 bits per heavy atom. The Morgan fingerprint density at radius 2 is 2.05 bits per heavy atom. The molecule has 3 rings (SSSR count). The Balaban J connectivity index is 1.71. The van der Waals surface area contributed by atoms with Gasteiger partial charge in [0.25, 0.3) is 0 Å². The molecular weight excluding hydrogens is 364 g/mol. The quantitative estimate of drug-likeness (QED) is 0.657. The number of fused-ring (bicyclic) bond motifs is 1. The molecule has 0 N–H and O–H groups in total. The Hall–Kier alpha value is -1.92. The summed E-state index contributed by atoms with van der Waals surface area (Å²) in [5.41, 5.74) is 1.81. The molecule has 1 aromatic heterocycles. The number of hydrogen-bond acceptors (Lipinski definition) is 4. The van der Waals surface area contributed by atoms with Crippen molar-refractivity contribution in [2.45, 2.75) is 6.61 Å². The first-order chi connectivity index (χ1) is 10.6. The van der Waals surface area contributed by atoms with Crippen LogP contribution < -0.4 is 4.90 Å². The van der Waals surface area contributed by atoms with Crippen LogP contribution in [-0.4, -0.2) is 18.1 Å². The smallest absolute Gasteiger partial charge is 0.416 e. The molecule has 0 aliphatic rings. The summed E-state index contributed by atoms with van der Waals surface area (Å²) in [5.74, 6) is 0. The van der Waals surface area contributed by atoms with Gasteiger partial charge in [0.05, 0.1) is 10.2 Å². The van der Waals surface area contributed by atoms with Gasteiger partial charge in [-0.05, 0) is 23.8 Å². The largest absolute Gasteiger partial charge is 0.444 e. The van der Waals surface area contributed by atoms with Crippen molar-refractivity contribution in [1.29, 1.82) is 0 Å². The summed E-state index contributed by atoms with van der Waals surface area (Å²) in [6.07, 6.45) is -0.415. The highest BCUT2D eigenvalue weighted by molar-refractivity contribution is 9.10. The van der Waals surface area contributed by atoms with Gasteiger partial charge in [-0.3, -0.25) is 4.90 Å². The van der Waals surface area contributed by atoms with E-state index in [0.717, 1.165) is 20.3 Å². The predicted molar refractivity (Wildman–Crippen MR) is 92.4 cm³/mol. The third-order valence-corrected chi connectivity index (χ3v) is 4.71. The lowest BCUT2D eigenvalue weighted by Crippen LogP contribution is -2.26.